The summed E-state index contributed by atoms with van der Waals surface area (Å²) >= 11 is 0. The summed E-state index contributed by atoms with van der Waals surface area (Å²) in [6.07, 6.45) is 4.07. The lowest BCUT2D eigenvalue weighted by Crippen LogP contribution is -2.39. The molecule has 0 saturated carbocycles. The van der Waals surface area contributed by atoms with Crippen molar-refractivity contribution in [2.75, 3.05) is 13.1 Å². The number of hydrogen-bond donors (Lipinski definition) is 0. The van der Waals surface area contributed by atoms with E-state index in [9.17, 15) is 10.1 Å². The van der Waals surface area contributed by atoms with Gasteiger partial charge >= 0.3 is 0 Å². The first kappa shape index (κ1) is 13.5. The molecule has 5 nitrogen and oxygen atoms in total. The third-order valence-electron chi connectivity index (χ3n) is 3.60. The Bertz CT molecular complexity index is 478. The molecule has 1 aliphatic heterocycles. The maximum Gasteiger partial charge on any atom is 0.269 e. The van der Waals surface area contributed by atoms with Gasteiger partial charge in [0.25, 0.3) is 5.69 Å². The minimum absolute atomic E-state index is 0.0341. The Morgan fingerprint density at radius 3 is 2.74 bits per heavy atom. The van der Waals surface area contributed by atoms with Crippen LogP contribution in [-0.2, 0) is 6.42 Å². The van der Waals surface area contributed by atoms with Crippen molar-refractivity contribution < 1.29 is 4.92 Å². The topological polar surface area (TPSA) is 70.2 Å². The van der Waals surface area contributed by atoms with Crippen molar-refractivity contribution in [1.29, 1.82) is 5.26 Å². The van der Waals surface area contributed by atoms with Crippen molar-refractivity contribution in [1.82, 2.24) is 4.90 Å². The summed E-state index contributed by atoms with van der Waals surface area (Å²) in [5.41, 5.74) is 1.20. The van der Waals surface area contributed by atoms with Gasteiger partial charge in [0, 0.05) is 18.7 Å². The molecule has 2 rings (SSSR count). The number of benzene rings is 1. The number of hydrogen-bond acceptors (Lipinski definition) is 4. The molecule has 1 saturated heterocycles. The van der Waals surface area contributed by atoms with Gasteiger partial charge in [0.15, 0.2) is 0 Å². The highest BCUT2D eigenvalue weighted by molar-refractivity contribution is 5.32. The molecule has 19 heavy (non-hydrogen) atoms. The van der Waals surface area contributed by atoms with Crippen LogP contribution in [0.15, 0.2) is 24.3 Å². The largest absolute Gasteiger partial charge is 0.288 e. The Hall–Kier alpha value is -1.93. The normalized spacial score (nSPS) is 19.8. The van der Waals surface area contributed by atoms with Crippen molar-refractivity contribution >= 4 is 5.69 Å². The van der Waals surface area contributed by atoms with E-state index in [1.807, 2.05) is 0 Å². The molecule has 0 N–H and O–H groups in total. The molecular weight excluding hydrogens is 242 g/mol. The van der Waals surface area contributed by atoms with E-state index < -0.39 is 0 Å². The molecule has 1 aliphatic rings. The Kier molecular flexibility index (Phi) is 4.48. The van der Waals surface area contributed by atoms with Crippen LogP contribution in [0.1, 0.15) is 24.8 Å². The average molecular weight is 259 g/mol. The molecule has 100 valence electrons. The highest BCUT2D eigenvalue weighted by Gasteiger charge is 2.21. The zero-order valence-electron chi connectivity index (χ0n) is 10.8. The van der Waals surface area contributed by atoms with E-state index in [0.29, 0.717) is 0 Å². The smallest absolute Gasteiger partial charge is 0.269 e. The van der Waals surface area contributed by atoms with Crippen molar-refractivity contribution in [3.05, 3.63) is 39.9 Å². The second-order valence-corrected chi connectivity index (χ2v) is 4.85. The van der Waals surface area contributed by atoms with Gasteiger partial charge in [0.2, 0.25) is 0 Å². The van der Waals surface area contributed by atoms with Gasteiger partial charge in [-0.05, 0) is 37.8 Å². The van der Waals surface area contributed by atoms with Crippen LogP contribution in [0.4, 0.5) is 5.69 Å². The van der Waals surface area contributed by atoms with Crippen molar-refractivity contribution in [3.63, 3.8) is 0 Å². The van der Waals surface area contributed by atoms with E-state index >= 15 is 0 Å². The molecule has 0 aliphatic carbocycles. The summed E-state index contributed by atoms with van der Waals surface area (Å²) in [7, 11) is 0. The number of nitro benzene ring substituents is 1. The fourth-order valence-electron chi connectivity index (χ4n) is 2.46. The first-order valence-electron chi connectivity index (χ1n) is 6.57. The Balaban J connectivity index is 1.91. The second-order valence-electron chi connectivity index (χ2n) is 4.85. The summed E-state index contributed by atoms with van der Waals surface area (Å²) in [6.45, 7) is 1.82. The number of likely N-dealkylation sites (tertiary alicyclic amines) is 1. The zero-order chi connectivity index (χ0) is 13.7. The van der Waals surface area contributed by atoms with Crippen LogP contribution in [-0.4, -0.2) is 29.0 Å². The summed E-state index contributed by atoms with van der Waals surface area (Å²) < 4.78 is 0. The Labute approximate surface area is 112 Å². The quantitative estimate of drug-likeness (QED) is 0.615. The summed E-state index contributed by atoms with van der Waals surface area (Å²) in [4.78, 5) is 12.4. The Morgan fingerprint density at radius 1 is 1.37 bits per heavy atom. The van der Waals surface area contributed by atoms with Gasteiger partial charge in [-0.3, -0.25) is 15.0 Å². The van der Waals surface area contributed by atoms with Gasteiger partial charge in [-0.1, -0.05) is 12.1 Å². The van der Waals surface area contributed by atoms with E-state index in [0.717, 1.165) is 44.3 Å². The van der Waals surface area contributed by atoms with E-state index in [4.69, 9.17) is 5.26 Å². The first-order valence-corrected chi connectivity index (χ1v) is 6.57. The average Bonchev–Trinajstić information content (AvgIpc) is 2.45. The molecular formula is C14H17N3O2. The highest BCUT2D eigenvalue weighted by atomic mass is 16.6. The van der Waals surface area contributed by atoms with E-state index in [-0.39, 0.29) is 16.7 Å². The van der Waals surface area contributed by atoms with Gasteiger partial charge in [-0.25, -0.2) is 0 Å². The molecule has 1 unspecified atom stereocenters. The molecule has 1 fully saturated rings. The van der Waals surface area contributed by atoms with Crippen LogP contribution in [0.25, 0.3) is 0 Å². The number of nitriles is 1. The predicted octanol–water partition coefficient (Wildman–Crippen LogP) is 2.52. The summed E-state index contributed by atoms with van der Waals surface area (Å²) in [5, 5.41) is 19.7. The fourth-order valence-corrected chi connectivity index (χ4v) is 2.46. The zero-order valence-corrected chi connectivity index (χ0v) is 10.8. The lowest BCUT2D eigenvalue weighted by atomic mass is 10.0. The van der Waals surface area contributed by atoms with E-state index in [2.05, 4.69) is 11.0 Å². The van der Waals surface area contributed by atoms with Gasteiger partial charge in [-0.15, -0.1) is 0 Å². The third kappa shape index (κ3) is 3.52. The van der Waals surface area contributed by atoms with E-state index in [1.54, 1.807) is 12.1 Å². The molecule has 1 atom stereocenters. The molecule has 0 aromatic heterocycles. The molecule has 0 spiro atoms. The van der Waals surface area contributed by atoms with Gasteiger partial charge in [0.05, 0.1) is 17.0 Å². The third-order valence-corrected chi connectivity index (χ3v) is 3.60. The van der Waals surface area contributed by atoms with Gasteiger partial charge < -0.3 is 0 Å². The molecule has 0 amide bonds. The molecule has 5 heteroatoms. The van der Waals surface area contributed by atoms with Gasteiger partial charge in [0.1, 0.15) is 0 Å². The van der Waals surface area contributed by atoms with Crippen LogP contribution < -0.4 is 0 Å². The number of nitrogens with zero attached hydrogens (tertiary/aromatic N) is 3. The fraction of sp³-hybridized carbons (Fsp3) is 0.500. The maximum absolute atomic E-state index is 10.6. The Morgan fingerprint density at radius 2 is 2.11 bits per heavy atom. The van der Waals surface area contributed by atoms with Crippen LogP contribution in [0, 0.1) is 21.4 Å². The summed E-state index contributed by atoms with van der Waals surface area (Å²) in [6, 6.07) is 9.05. The lowest BCUT2D eigenvalue weighted by molar-refractivity contribution is -0.384. The van der Waals surface area contributed by atoms with Crippen LogP contribution in [0.5, 0.6) is 0 Å². The molecule has 1 aromatic carbocycles. The predicted molar refractivity (Wildman–Crippen MR) is 71.6 cm³/mol. The highest BCUT2D eigenvalue weighted by Crippen LogP contribution is 2.18. The van der Waals surface area contributed by atoms with Crippen LogP contribution in [0.3, 0.4) is 0 Å². The molecule has 0 radical (unpaired) electrons. The second kappa shape index (κ2) is 6.30. The van der Waals surface area contributed by atoms with Crippen LogP contribution >= 0.6 is 0 Å². The van der Waals surface area contributed by atoms with Gasteiger partial charge in [-0.2, -0.15) is 5.26 Å². The molecule has 1 aromatic rings. The number of non-ortho nitro benzene ring substituents is 1. The monoisotopic (exact) mass is 259 g/mol. The maximum atomic E-state index is 10.6. The molecule has 0 bridgehead atoms. The lowest BCUT2D eigenvalue weighted by Gasteiger charge is -2.31. The van der Waals surface area contributed by atoms with Crippen LogP contribution in [0.2, 0.25) is 0 Å². The minimum Gasteiger partial charge on any atom is -0.288 e. The number of rotatable bonds is 4. The van der Waals surface area contributed by atoms with E-state index in [1.165, 1.54) is 12.1 Å². The van der Waals surface area contributed by atoms with Crippen molar-refractivity contribution in [3.8, 4) is 6.07 Å². The SMILES string of the molecule is N#CC1CCCCN1CCc1ccc([N+](=O)[O-])cc1. The number of piperidine rings is 1. The van der Waals surface area contributed by atoms with Crippen molar-refractivity contribution in [2.45, 2.75) is 31.7 Å². The minimum atomic E-state index is -0.389. The first-order chi connectivity index (χ1) is 9.20. The summed E-state index contributed by atoms with van der Waals surface area (Å²) in [5.74, 6) is 0. The molecule has 1 heterocycles. The standard InChI is InChI=1S/C14H17N3O2/c15-11-14-3-1-2-9-16(14)10-8-12-4-6-13(7-5-12)17(18)19/h4-7,14H,1-3,8-10H2. The number of nitro groups is 1. The van der Waals surface area contributed by atoms with Crippen molar-refractivity contribution in [2.24, 2.45) is 0 Å².